The van der Waals surface area contributed by atoms with Crippen molar-refractivity contribution in [1.82, 2.24) is 5.32 Å². The highest BCUT2D eigenvalue weighted by molar-refractivity contribution is 9.10. The summed E-state index contributed by atoms with van der Waals surface area (Å²) in [5, 5.41) is 2.67. The van der Waals surface area contributed by atoms with Crippen molar-refractivity contribution in [2.75, 3.05) is 13.2 Å². The van der Waals surface area contributed by atoms with Gasteiger partial charge in [0.15, 0.2) is 0 Å². The zero-order valence-electron chi connectivity index (χ0n) is 10.6. The van der Waals surface area contributed by atoms with Crippen LogP contribution in [0.25, 0.3) is 0 Å². The Bertz CT molecular complexity index is 590. The lowest BCUT2D eigenvalue weighted by molar-refractivity contribution is 0.0946. The topological polar surface area (TPSA) is 38.3 Å². The van der Waals surface area contributed by atoms with Crippen molar-refractivity contribution in [3.63, 3.8) is 0 Å². The van der Waals surface area contributed by atoms with Crippen molar-refractivity contribution >= 4 is 21.8 Å². The minimum absolute atomic E-state index is 0.283. The fourth-order valence-corrected chi connectivity index (χ4v) is 1.84. The van der Waals surface area contributed by atoms with Crippen molar-refractivity contribution in [2.45, 2.75) is 0 Å². The summed E-state index contributed by atoms with van der Waals surface area (Å²) in [6.45, 7) is 0.709. The molecule has 1 N–H and O–H groups in total. The van der Waals surface area contributed by atoms with Crippen LogP contribution in [0.5, 0.6) is 5.75 Å². The predicted octanol–water partition coefficient (Wildman–Crippen LogP) is 3.40. The maximum Gasteiger partial charge on any atom is 0.251 e. The molecule has 0 aromatic heterocycles. The van der Waals surface area contributed by atoms with Crippen molar-refractivity contribution in [2.24, 2.45) is 0 Å². The first-order valence-corrected chi connectivity index (χ1v) is 6.87. The molecule has 0 aliphatic heterocycles. The van der Waals surface area contributed by atoms with Gasteiger partial charge in [0.2, 0.25) is 0 Å². The van der Waals surface area contributed by atoms with Gasteiger partial charge in [0.1, 0.15) is 18.2 Å². The summed E-state index contributed by atoms with van der Waals surface area (Å²) in [4.78, 5) is 11.8. The highest BCUT2D eigenvalue weighted by Crippen LogP contribution is 2.16. The molecule has 3 nitrogen and oxygen atoms in total. The summed E-state index contributed by atoms with van der Waals surface area (Å²) in [5.41, 5.74) is 0.283. The zero-order chi connectivity index (χ0) is 14.4. The van der Waals surface area contributed by atoms with Gasteiger partial charge in [-0.2, -0.15) is 0 Å². The van der Waals surface area contributed by atoms with E-state index in [1.807, 2.05) is 30.3 Å². The van der Waals surface area contributed by atoms with Crippen molar-refractivity contribution in [1.29, 1.82) is 0 Å². The number of rotatable bonds is 5. The number of amides is 1. The quantitative estimate of drug-likeness (QED) is 0.849. The number of hydrogen-bond donors (Lipinski definition) is 1. The van der Waals surface area contributed by atoms with Crippen LogP contribution >= 0.6 is 15.9 Å². The van der Waals surface area contributed by atoms with E-state index in [4.69, 9.17) is 4.74 Å². The molecule has 0 saturated carbocycles. The Labute approximate surface area is 124 Å². The Morgan fingerprint density at radius 1 is 1.20 bits per heavy atom. The second-order valence-electron chi connectivity index (χ2n) is 4.05. The van der Waals surface area contributed by atoms with Gasteiger partial charge in [-0.15, -0.1) is 0 Å². The molecule has 0 bridgehead atoms. The third-order valence-corrected chi connectivity index (χ3v) is 3.22. The molecular weight excluding hydrogens is 325 g/mol. The average molecular weight is 338 g/mol. The standard InChI is InChI=1S/C15H13BrFNO2/c16-13-7-6-11(10-14(13)17)15(19)18-8-9-20-12-4-2-1-3-5-12/h1-7,10H,8-9H2,(H,18,19). The molecule has 0 aliphatic carbocycles. The third-order valence-electron chi connectivity index (χ3n) is 2.58. The molecule has 0 radical (unpaired) electrons. The van der Waals surface area contributed by atoms with Crippen LogP contribution in [0.1, 0.15) is 10.4 Å². The fraction of sp³-hybridized carbons (Fsp3) is 0.133. The fourth-order valence-electron chi connectivity index (χ4n) is 1.59. The number of para-hydroxylation sites is 1. The van der Waals surface area contributed by atoms with Gasteiger partial charge < -0.3 is 10.1 Å². The molecule has 2 aromatic carbocycles. The highest BCUT2D eigenvalue weighted by atomic mass is 79.9. The normalized spacial score (nSPS) is 10.1. The monoisotopic (exact) mass is 337 g/mol. The van der Waals surface area contributed by atoms with Crippen LogP contribution in [0.2, 0.25) is 0 Å². The van der Waals surface area contributed by atoms with Gasteiger partial charge in [0, 0.05) is 5.56 Å². The van der Waals surface area contributed by atoms with E-state index in [-0.39, 0.29) is 11.5 Å². The maximum atomic E-state index is 13.3. The van der Waals surface area contributed by atoms with E-state index in [0.717, 1.165) is 5.75 Å². The van der Waals surface area contributed by atoms with Crippen LogP contribution in [0, 0.1) is 5.82 Å². The summed E-state index contributed by atoms with van der Waals surface area (Å²) in [6.07, 6.45) is 0. The minimum Gasteiger partial charge on any atom is -0.492 e. The number of benzene rings is 2. The lowest BCUT2D eigenvalue weighted by Gasteiger charge is -2.08. The van der Waals surface area contributed by atoms with Crippen LogP contribution in [0.4, 0.5) is 4.39 Å². The van der Waals surface area contributed by atoms with Crippen LogP contribution in [0.15, 0.2) is 53.0 Å². The Balaban J connectivity index is 1.79. The molecule has 2 aromatic rings. The van der Waals surface area contributed by atoms with Gasteiger partial charge in [-0.1, -0.05) is 18.2 Å². The van der Waals surface area contributed by atoms with Gasteiger partial charge in [0.05, 0.1) is 11.0 Å². The van der Waals surface area contributed by atoms with Gasteiger partial charge >= 0.3 is 0 Å². The van der Waals surface area contributed by atoms with E-state index in [1.54, 1.807) is 6.07 Å². The molecular formula is C15H13BrFNO2. The number of carbonyl (C=O) groups is 1. The lowest BCUT2D eigenvalue weighted by atomic mass is 10.2. The van der Waals surface area contributed by atoms with E-state index >= 15 is 0 Å². The predicted molar refractivity (Wildman–Crippen MR) is 78.4 cm³/mol. The summed E-state index contributed by atoms with van der Waals surface area (Å²) < 4.78 is 19.1. The molecule has 0 atom stereocenters. The molecule has 0 unspecified atom stereocenters. The van der Waals surface area contributed by atoms with Crippen LogP contribution in [0.3, 0.4) is 0 Å². The molecule has 0 fully saturated rings. The molecule has 0 heterocycles. The molecule has 0 aliphatic rings. The minimum atomic E-state index is -0.460. The molecule has 0 spiro atoms. The van der Waals surface area contributed by atoms with Crippen LogP contribution in [-0.2, 0) is 0 Å². The summed E-state index contributed by atoms with van der Waals surface area (Å²) >= 11 is 3.04. The number of hydrogen-bond acceptors (Lipinski definition) is 2. The van der Waals surface area contributed by atoms with Gasteiger partial charge in [-0.05, 0) is 46.3 Å². The smallest absolute Gasteiger partial charge is 0.251 e. The molecule has 5 heteroatoms. The molecule has 2 rings (SSSR count). The third kappa shape index (κ3) is 4.06. The van der Waals surface area contributed by atoms with E-state index in [2.05, 4.69) is 21.2 Å². The Hall–Kier alpha value is -1.88. The van der Waals surface area contributed by atoms with E-state index in [9.17, 15) is 9.18 Å². The molecule has 20 heavy (non-hydrogen) atoms. The van der Waals surface area contributed by atoms with Crippen LogP contribution in [-0.4, -0.2) is 19.1 Å². The van der Waals surface area contributed by atoms with E-state index in [1.165, 1.54) is 12.1 Å². The molecule has 104 valence electrons. The van der Waals surface area contributed by atoms with E-state index in [0.29, 0.717) is 17.6 Å². The van der Waals surface area contributed by atoms with E-state index < -0.39 is 5.82 Å². The maximum absolute atomic E-state index is 13.3. The Morgan fingerprint density at radius 2 is 1.95 bits per heavy atom. The van der Waals surface area contributed by atoms with Crippen molar-refractivity contribution < 1.29 is 13.9 Å². The summed E-state index contributed by atoms with van der Waals surface area (Å²) in [6, 6.07) is 13.6. The lowest BCUT2D eigenvalue weighted by Crippen LogP contribution is -2.28. The summed E-state index contributed by atoms with van der Waals surface area (Å²) in [7, 11) is 0. The number of halogens is 2. The van der Waals surface area contributed by atoms with Gasteiger partial charge in [-0.3, -0.25) is 4.79 Å². The largest absolute Gasteiger partial charge is 0.492 e. The second-order valence-corrected chi connectivity index (χ2v) is 4.90. The average Bonchev–Trinajstić information content (AvgIpc) is 2.47. The SMILES string of the molecule is O=C(NCCOc1ccccc1)c1ccc(Br)c(F)c1. The number of carbonyl (C=O) groups excluding carboxylic acids is 1. The number of nitrogens with one attached hydrogen (secondary N) is 1. The number of ether oxygens (including phenoxy) is 1. The van der Waals surface area contributed by atoms with Crippen LogP contribution < -0.4 is 10.1 Å². The first kappa shape index (κ1) is 14.5. The first-order chi connectivity index (χ1) is 9.66. The van der Waals surface area contributed by atoms with Crippen molar-refractivity contribution in [3.05, 3.63) is 64.4 Å². The first-order valence-electron chi connectivity index (χ1n) is 6.08. The van der Waals surface area contributed by atoms with Gasteiger partial charge in [-0.25, -0.2) is 4.39 Å². The Kier molecular flexibility index (Phi) is 5.12. The molecule has 0 saturated heterocycles. The second kappa shape index (κ2) is 7.05. The van der Waals surface area contributed by atoms with Crippen molar-refractivity contribution in [3.8, 4) is 5.75 Å². The van der Waals surface area contributed by atoms with Gasteiger partial charge in [0.25, 0.3) is 5.91 Å². The highest BCUT2D eigenvalue weighted by Gasteiger charge is 2.07. The summed E-state index contributed by atoms with van der Waals surface area (Å²) in [5.74, 6) is -0.0392. The zero-order valence-corrected chi connectivity index (χ0v) is 12.2. The Morgan fingerprint density at radius 3 is 2.65 bits per heavy atom. The molecule has 1 amide bonds.